The summed E-state index contributed by atoms with van der Waals surface area (Å²) < 4.78 is 2.63. The van der Waals surface area contributed by atoms with Crippen molar-refractivity contribution >= 4 is 21.9 Å². The summed E-state index contributed by atoms with van der Waals surface area (Å²) in [5.41, 5.74) is 1.33. The molecule has 0 spiro atoms. The van der Waals surface area contributed by atoms with E-state index in [9.17, 15) is 9.90 Å². The van der Waals surface area contributed by atoms with Crippen LogP contribution in [0.4, 0.5) is 0 Å². The number of hydrogen-bond acceptors (Lipinski definition) is 1. The molecule has 1 N–H and O–H groups in total. The summed E-state index contributed by atoms with van der Waals surface area (Å²) in [7, 11) is 0. The summed E-state index contributed by atoms with van der Waals surface area (Å²) >= 11 is 3.36. The second-order valence-corrected chi connectivity index (χ2v) is 6.43. The van der Waals surface area contributed by atoms with Gasteiger partial charge in [-0.1, -0.05) is 30.3 Å². The van der Waals surface area contributed by atoms with Crippen LogP contribution in [0.2, 0.25) is 0 Å². The van der Waals surface area contributed by atoms with Gasteiger partial charge in [0.05, 0.1) is 0 Å². The number of halogens is 1. The molecule has 1 aromatic heterocycles. The largest absolute Gasteiger partial charge is 0.477 e. The van der Waals surface area contributed by atoms with Crippen molar-refractivity contribution in [2.24, 2.45) is 0 Å². The van der Waals surface area contributed by atoms with Crippen LogP contribution in [0.5, 0.6) is 0 Å². The number of rotatable bonds is 5. The first kappa shape index (κ1) is 14.9. The van der Waals surface area contributed by atoms with E-state index < -0.39 is 5.97 Å². The van der Waals surface area contributed by atoms with Crippen molar-refractivity contribution in [2.75, 3.05) is 0 Å². The number of aromatic carboxylic acids is 1. The summed E-state index contributed by atoms with van der Waals surface area (Å²) in [4.78, 5) is 11.3. The third kappa shape index (κ3) is 3.31. The molecule has 106 valence electrons. The van der Waals surface area contributed by atoms with E-state index in [1.54, 1.807) is 6.07 Å². The molecule has 0 radical (unpaired) electrons. The highest BCUT2D eigenvalue weighted by Crippen LogP contribution is 2.28. The normalized spacial score (nSPS) is 11.6. The maximum atomic E-state index is 11.3. The predicted molar refractivity (Wildman–Crippen MR) is 83.2 cm³/mol. The van der Waals surface area contributed by atoms with Crippen molar-refractivity contribution in [1.29, 1.82) is 0 Å². The Bertz CT molecular complexity index is 602. The van der Waals surface area contributed by atoms with Gasteiger partial charge in [-0.15, -0.1) is 0 Å². The maximum absolute atomic E-state index is 11.3. The van der Waals surface area contributed by atoms with Gasteiger partial charge in [-0.2, -0.15) is 0 Å². The van der Waals surface area contributed by atoms with E-state index in [1.807, 2.05) is 29.0 Å². The third-order valence-electron chi connectivity index (χ3n) is 3.53. The van der Waals surface area contributed by atoms with Crippen LogP contribution in [0.3, 0.4) is 0 Å². The highest BCUT2D eigenvalue weighted by Gasteiger charge is 2.25. The van der Waals surface area contributed by atoms with E-state index in [1.165, 1.54) is 5.56 Å². The van der Waals surface area contributed by atoms with Crippen LogP contribution < -0.4 is 0 Å². The van der Waals surface area contributed by atoms with E-state index in [2.05, 4.69) is 41.9 Å². The number of hydrogen-bond donors (Lipinski definition) is 1. The molecule has 0 aliphatic carbocycles. The first-order valence-electron chi connectivity index (χ1n) is 6.56. The molecule has 0 amide bonds. The van der Waals surface area contributed by atoms with Crippen molar-refractivity contribution in [2.45, 2.75) is 32.2 Å². The lowest BCUT2D eigenvalue weighted by Crippen LogP contribution is -2.29. The maximum Gasteiger partial charge on any atom is 0.352 e. The fourth-order valence-corrected chi connectivity index (χ4v) is 2.73. The number of carboxylic acids is 1. The van der Waals surface area contributed by atoms with Crippen LogP contribution in [0.1, 0.15) is 36.3 Å². The minimum absolute atomic E-state index is 0.254. The molecule has 1 aromatic carbocycles. The minimum Gasteiger partial charge on any atom is -0.477 e. The number of aromatic nitrogens is 1. The Hall–Kier alpha value is -1.55. The molecule has 0 saturated heterocycles. The topological polar surface area (TPSA) is 42.2 Å². The smallest absolute Gasteiger partial charge is 0.352 e. The Kier molecular flexibility index (Phi) is 4.33. The van der Waals surface area contributed by atoms with Gasteiger partial charge in [0.2, 0.25) is 0 Å². The fraction of sp³-hybridized carbons (Fsp3) is 0.312. The first-order chi connectivity index (χ1) is 9.40. The van der Waals surface area contributed by atoms with Gasteiger partial charge in [0.1, 0.15) is 5.69 Å². The molecule has 1 heterocycles. The summed E-state index contributed by atoms with van der Waals surface area (Å²) in [5, 5.41) is 9.29. The van der Waals surface area contributed by atoms with Gasteiger partial charge in [-0.05, 0) is 54.2 Å². The van der Waals surface area contributed by atoms with Crippen molar-refractivity contribution in [1.82, 2.24) is 4.57 Å². The molecule has 4 heteroatoms. The van der Waals surface area contributed by atoms with Gasteiger partial charge in [-0.3, -0.25) is 0 Å². The molecule has 0 aliphatic rings. The average molecular weight is 336 g/mol. The number of nitrogens with zero attached hydrogens (tertiary/aromatic N) is 1. The van der Waals surface area contributed by atoms with E-state index in [-0.39, 0.29) is 5.54 Å². The van der Waals surface area contributed by atoms with Crippen LogP contribution >= 0.6 is 15.9 Å². The van der Waals surface area contributed by atoms with Crippen LogP contribution in [-0.2, 0) is 12.0 Å². The van der Waals surface area contributed by atoms with Crippen LogP contribution in [0.25, 0.3) is 0 Å². The zero-order valence-electron chi connectivity index (χ0n) is 11.6. The summed E-state index contributed by atoms with van der Waals surface area (Å²) in [6, 6.07) is 11.9. The van der Waals surface area contributed by atoms with Crippen LogP contribution in [0, 0.1) is 0 Å². The van der Waals surface area contributed by atoms with Crippen molar-refractivity contribution in [3.8, 4) is 0 Å². The fourth-order valence-electron chi connectivity index (χ4n) is 2.31. The molecule has 2 aromatic rings. The number of carboxylic acid groups (broad SMARTS) is 1. The van der Waals surface area contributed by atoms with Crippen LogP contribution in [-0.4, -0.2) is 15.6 Å². The summed E-state index contributed by atoms with van der Waals surface area (Å²) in [6.45, 7) is 4.13. The number of carbonyl (C=O) groups is 1. The van der Waals surface area contributed by atoms with Gasteiger partial charge in [0.15, 0.2) is 0 Å². The molecule has 3 nitrogen and oxygen atoms in total. The molecular weight excluding hydrogens is 318 g/mol. The zero-order valence-corrected chi connectivity index (χ0v) is 13.2. The molecule has 20 heavy (non-hydrogen) atoms. The van der Waals surface area contributed by atoms with Crippen molar-refractivity contribution in [3.05, 3.63) is 58.3 Å². The van der Waals surface area contributed by atoms with E-state index in [0.29, 0.717) is 5.69 Å². The van der Waals surface area contributed by atoms with E-state index in [0.717, 1.165) is 17.3 Å². The highest BCUT2D eigenvalue weighted by atomic mass is 79.9. The Balaban J connectivity index is 2.20. The second kappa shape index (κ2) is 5.83. The minimum atomic E-state index is -0.900. The van der Waals surface area contributed by atoms with Crippen molar-refractivity contribution < 1.29 is 9.90 Å². The molecule has 0 saturated carbocycles. The third-order valence-corrected chi connectivity index (χ3v) is 3.96. The van der Waals surface area contributed by atoms with E-state index >= 15 is 0 Å². The lowest BCUT2D eigenvalue weighted by molar-refractivity contribution is 0.0676. The Labute approximate surface area is 127 Å². The van der Waals surface area contributed by atoms with E-state index in [4.69, 9.17) is 0 Å². The molecule has 0 unspecified atom stereocenters. The molecular formula is C16H18BrNO2. The molecule has 0 bridgehead atoms. The monoisotopic (exact) mass is 335 g/mol. The number of benzene rings is 1. The number of aryl methyl sites for hydroxylation is 1. The second-order valence-electron chi connectivity index (χ2n) is 5.52. The van der Waals surface area contributed by atoms with Gasteiger partial charge in [0.25, 0.3) is 0 Å². The zero-order chi connectivity index (χ0) is 14.8. The summed E-state index contributed by atoms with van der Waals surface area (Å²) in [6.07, 6.45) is 3.63. The SMILES string of the molecule is CC(C)(CCc1ccccc1)n1cc(Br)cc1C(=O)O. The molecule has 2 rings (SSSR count). The predicted octanol–water partition coefficient (Wildman–Crippen LogP) is 4.32. The lowest BCUT2D eigenvalue weighted by Gasteiger charge is -2.28. The Morgan fingerprint density at radius 3 is 2.55 bits per heavy atom. The summed E-state index contributed by atoms with van der Waals surface area (Å²) in [5.74, 6) is -0.900. The molecule has 0 atom stereocenters. The van der Waals surface area contributed by atoms with Crippen LogP contribution in [0.15, 0.2) is 47.1 Å². The quantitative estimate of drug-likeness (QED) is 0.884. The van der Waals surface area contributed by atoms with Gasteiger partial charge < -0.3 is 9.67 Å². The van der Waals surface area contributed by atoms with Gasteiger partial charge in [0, 0.05) is 16.2 Å². The first-order valence-corrected chi connectivity index (χ1v) is 7.35. The highest BCUT2D eigenvalue weighted by molar-refractivity contribution is 9.10. The van der Waals surface area contributed by atoms with Crippen molar-refractivity contribution in [3.63, 3.8) is 0 Å². The molecule has 0 fully saturated rings. The lowest BCUT2D eigenvalue weighted by atomic mass is 9.94. The average Bonchev–Trinajstić information content (AvgIpc) is 2.81. The Morgan fingerprint density at radius 2 is 1.95 bits per heavy atom. The van der Waals surface area contributed by atoms with Gasteiger partial charge >= 0.3 is 5.97 Å². The molecule has 0 aliphatic heterocycles. The van der Waals surface area contributed by atoms with Gasteiger partial charge in [-0.25, -0.2) is 4.79 Å². The standard InChI is InChI=1S/C16H18BrNO2/c1-16(2,9-8-12-6-4-3-5-7-12)18-11-13(17)10-14(18)15(19)20/h3-7,10-11H,8-9H2,1-2H3,(H,19,20). The Morgan fingerprint density at radius 1 is 1.30 bits per heavy atom.